The molecule has 0 spiro atoms. The van der Waals surface area contributed by atoms with Crippen LogP contribution in [0.3, 0.4) is 0 Å². The van der Waals surface area contributed by atoms with Crippen LogP contribution < -0.4 is 0 Å². The van der Waals surface area contributed by atoms with E-state index in [0.717, 1.165) is 33.4 Å². The maximum atomic E-state index is 11.7. The molecule has 8 rings (SSSR count). The van der Waals surface area contributed by atoms with Gasteiger partial charge in [0.15, 0.2) is 0 Å². The van der Waals surface area contributed by atoms with Gasteiger partial charge in [-0.25, -0.2) is 4.98 Å². The average Bonchev–Trinajstić information content (AvgIpc) is 3.66. The van der Waals surface area contributed by atoms with Gasteiger partial charge in [-0.15, -0.1) is 0 Å². The predicted molar refractivity (Wildman–Crippen MR) is 239 cm³/mol. The van der Waals surface area contributed by atoms with Crippen molar-refractivity contribution in [2.45, 2.75) is 72.9 Å². The Hall–Kier alpha value is -6.26. The van der Waals surface area contributed by atoms with Crippen LogP contribution in [0.1, 0.15) is 85.6 Å². The molecule has 0 amide bonds. The van der Waals surface area contributed by atoms with Gasteiger partial charge in [-0.3, -0.25) is 9.55 Å². The molecule has 0 bridgehead atoms. The molecule has 2 aromatic heterocycles. The van der Waals surface area contributed by atoms with Crippen molar-refractivity contribution >= 4 is 11.0 Å². The molecule has 4 nitrogen and oxygen atoms in total. The Balaban J connectivity index is 1.32. The molecule has 284 valence electrons. The highest BCUT2D eigenvalue weighted by Gasteiger charge is 2.23. The monoisotopic (exact) mass is 757 g/mol. The lowest BCUT2D eigenvalue weighted by atomic mass is 9.83. The SMILES string of the molecule is [2H]C([2H])([2H])c1cc(-c2ccccc2)cc(-n2c(-c3cc(C)cc(C)c3O)nc3c(-c4cc(-c5cc(-c6ccc(C(C([2H])([2H])[2H])(C([2H])([2H])[2H])C([2H])([2H])[2H])cc6)ccn5)cc(C(C)(C)C)c4)cccc32)c1. The number of aromatic nitrogens is 3. The second-order valence-electron chi connectivity index (χ2n) is 15.9. The zero-order valence-electron chi connectivity index (χ0n) is 44.6. The number of phenols is 1. The Morgan fingerprint density at radius 1 is 0.579 bits per heavy atom. The number of rotatable bonds is 6. The van der Waals surface area contributed by atoms with E-state index in [1.807, 2.05) is 97.3 Å². The van der Waals surface area contributed by atoms with Gasteiger partial charge in [-0.05, 0) is 136 Å². The number of phenolic OH excluding ortho intramolecular Hbond substituents is 1. The summed E-state index contributed by atoms with van der Waals surface area (Å²) in [6, 6.07) is 39.9. The molecule has 0 aliphatic carbocycles. The minimum absolute atomic E-state index is 0.0535. The summed E-state index contributed by atoms with van der Waals surface area (Å²) in [5.41, 5.74) is 6.96. The van der Waals surface area contributed by atoms with Crippen molar-refractivity contribution in [2.75, 3.05) is 0 Å². The Morgan fingerprint density at radius 3 is 2.07 bits per heavy atom. The maximum Gasteiger partial charge on any atom is 0.149 e. The van der Waals surface area contributed by atoms with E-state index in [1.54, 1.807) is 24.4 Å². The molecule has 0 unspecified atom stereocenters. The molecule has 1 N–H and O–H groups in total. The lowest BCUT2D eigenvalue weighted by Gasteiger charge is -2.22. The maximum absolute atomic E-state index is 11.7. The summed E-state index contributed by atoms with van der Waals surface area (Å²) in [5, 5.41) is 11.7. The fraction of sp³-hybridized carbons (Fsp3) is 0.208. The number of aromatic hydroxyl groups is 1. The molecule has 0 atom stereocenters. The number of nitrogens with zero attached hydrogens (tertiary/aromatic N) is 3. The Kier molecular flexibility index (Phi) is 6.50. The lowest BCUT2D eigenvalue weighted by Crippen LogP contribution is -2.11. The Labute approximate surface area is 354 Å². The third-order valence-corrected chi connectivity index (χ3v) is 10.5. The van der Waals surface area contributed by atoms with Gasteiger partial charge in [0.1, 0.15) is 11.6 Å². The van der Waals surface area contributed by atoms with Crippen molar-refractivity contribution in [1.29, 1.82) is 0 Å². The fourth-order valence-electron chi connectivity index (χ4n) is 7.49. The first-order valence-electron chi connectivity index (χ1n) is 24.9. The van der Waals surface area contributed by atoms with E-state index in [0.29, 0.717) is 56.1 Å². The van der Waals surface area contributed by atoms with E-state index < -0.39 is 32.8 Å². The van der Waals surface area contributed by atoms with Crippen LogP contribution in [0.15, 0.2) is 140 Å². The normalized spacial score (nSPS) is 16.0. The third-order valence-electron chi connectivity index (χ3n) is 10.5. The second kappa shape index (κ2) is 14.4. The van der Waals surface area contributed by atoms with E-state index in [4.69, 9.17) is 26.4 Å². The molecule has 0 saturated carbocycles. The fourth-order valence-corrected chi connectivity index (χ4v) is 7.49. The van der Waals surface area contributed by atoms with Crippen molar-refractivity contribution in [1.82, 2.24) is 14.5 Å². The summed E-state index contributed by atoms with van der Waals surface area (Å²) >= 11 is 0. The van der Waals surface area contributed by atoms with Gasteiger partial charge in [-0.2, -0.15) is 0 Å². The number of hydrogen-bond acceptors (Lipinski definition) is 3. The first kappa shape index (κ1) is 25.8. The summed E-state index contributed by atoms with van der Waals surface area (Å²) in [5.74, 6) is 0.475. The first-order chi connectivity index (χ1) is 32.1. The minimum atomic E-state index is -3.38. The van der Waals surface area contributed by atoms with Crippen LogP contribution in [0.25, 0.3) is 72.7 Å². The highest BCUT2D eigenvalue weighted by molar-refractivity contribution is 5.97. The molecule has 6 aromatic carbocycles. The number of hydrogen-bond donors (Lipinski definition) is 1. The first-order valence-corrected chi connectivity index (χ1v) is 18.9. The van der Waals surface area contributed by atoms with Crippen molar-refractivity contribution in [3.05, 3.63) is 167 Å². The number of benzene rings is 6. The highest BCUT2D eigenvalue weighted by atomic mass is 16.3. The zero-order chi connectivity index (χ0) is 50.2. The number of fused-ring (bicyclic) bond motifs is 1. The summed E-state index contributed by atoms with van der Waals surface area (Å²) in [4.78, 5) is 10.1. The van der Waals surface area contributed by atoms with Crippen LogP contribution in [0.4, 0.5) is 0 Å². The summed E-state index contributed by atoms with van der Waals surface area (Å²) in [7, 11) is 0. The van der Waals surface area contributed by atoms with Gasteiger partial charge in [-0.1, -0.05) is 126 Å². The molecule has 57 heavy (non-hydrogen) atoms. The van der Waals surface area contributed by atoms with Gasteiger partial charge in [0.05, 0.1) is 22.3 Å². The average molecular weight is 758 g/mol. The van der Waals surface area contributed by atoms with Crippen molar-refractivity contribution in [3.8, 4) is 67.5 Å². The highest BCUT2D eigenvalue weighted by Crippen LogP contribution is 2.42. The molecule has 0 fully saturated rings. The quantitative estimate of drug-likeness (QED) is 0.184. The van der Waals surface area contributed by atoms with Gasteiger partial charge >= 0.3 is 0 Å². The molecule has 4 heteroatoms. The van der Waals surface area contributed by atoms with Crippen molar-refractivity contribution in [2.24, 2.45) is 0 Å². The molecule has 2 heterocycles. The van der Waals surface area contributed by atoms with Crippen LogP contribution in [-0.4, -0.2) is 19.6 Å². The van der Waals surface area contributed by atoms with Gasteiger partial charge in [0.25, 0.3) is 0 Å². The topological polar surface area (TPSA) is 50.9 Å². The summed E-state index contributed by atoms with van der Waals surface area (Å²) < 4.78 is 101. The van der Waals surface area contributed by atoms with Crippen LogP contribution in [0.2, 0.25) is 0 Å². The standard InChI is InChI=1S/C53H51N3O/c1-33-24-35(3)50(57)46(27-33)51-55-49-45(16-13-17-48(49)56(51)44-26-34(2)25-39(31-44)36-14-11-10-12-15-36)40-28-41(30-43(29-40)53(7,8)9)47-32-38(22-23-54-47)37-18-20-42(21-19-37)52(4,5)6/h10-32,57H,1-9H3/i2D3,4D3,5D3,6D3. The minimum Gasteiger partial charge on any atom is -0.507 e. The van der Waals surface area contributed by atoms with Crippen molar-refractivity contribution < 1.29 is 21.6 Å². The molecular weight excluding hydrogens is 695 g/mol. The molecule has 0 radical (unpaired) electrons. The smallest absolute Gasteiger partial charge is 0.149 e. The second-order valence-corrected chi connectivity index (χ2v) is 15.9. The number of para-hydroxylation sites is 1. The third kappa shape index (κ3) is 7.40. The summed E-state index contributed by atoms with van der Waals surface area (Å²) in [6.07, 6.45) is 1.64. The van der Waals surface area contributed by atoms with Crippen molar-refractivity contribution in [3.63, 3.8) is 0 Å². The number of imidazole rings is 1. The van der Waals surface area contributed by atoms with Crippen LogP contribution in [-0.2, 0) is 10.8 Å². The van der Waals surface area contributed by atoms with Gasteiger partial charge in [0.2, 0.25) is 0 Å². The lowest BCUT2D eigenvalue weighted by molar-refractivity contribution is 0.472. The molecule has 0 aliphatic rings. The van der Waals surface area contributed by atoms with E-state index in [1.165, 1.54) is 24.3 Å². The van der Waals surface area contributed by atoms with E-state index in [2.05, 4.69) is 32.9 Å². The Morgan fingerprint density at radius 2 is 1.33 bits per heavy atom. The number of aryl methyl sites for hydroxylation is 3. The predicted octanol–water partition coefficient (Wildman–Crippen LogP) is 14.0. The molecular formula is C53H51N3O. The van der Waals surface area contributed by atoms with E-state index >= 15 is 0 Å². The largest absolute Gasteiger partial charge is 0.507 e. The molecule has 0 saturated heterocycles. The zero-order valence-corrected chi connectivity index (χ0v) is 32.6. The van der Waals surface area contributed by atoms with Gasteiger partial charge < -0.3 is 5.11 Å². The van der Waals surface area contributed by atoms with Gasteiger partial charge in [0, 0.05) is 39.5 Å². The van der Waals surface area contributed by atoms with Crippen LogP contribution in [0, 0.1) is 20.7 Å². The molecule has 8 aromatic rings. The summed E-state index contributed by atoms with van der Waals surface area (Å²) in [6.45, 7) is -2.48. The van der Waals surface area contributed by atoms with E-state index in [9.17, 15) is 5.11 Å². The van der Waals surface area contributed by atoms with Crippen LogP contribution >= 0.6 is 0 Å². The van der Waals surface area contributed by atoms with E-state index in [-0.39, 0.29) is 22.3 Å². The van der Waals surface area contributed by atoms with Crippen LogP contribution in [0.5, 0.6) is 5.75 Å². The Bertz CT molecular complexity index is 3190. The molecule has 0 aliphatic heterocycles. The number of pyridine rings is 1.